The van der Waals surface area contributed by atoms with Gasteiger partial charge in [0.2, 0.25) is 0 Å². The fourth-order valence-electron chi connectivity index (χ4n) is 6.12. The van der Waals surface area contributed by atoms with E-state index in [1.165, 1.54) is 41.8 Å². The van der Waals surface area contributed by atoms with E-state index in [9.17, 15) is 38.4 Å². The summed E-state index contributed by atoms with van der Waals surface area (Å²) in [5.74, 6) is -6.49. The maximum absolute atomic E-state index is 13.8. The van der Waals surface area contributed by atoms with Crippen LogP contribution in [0.25, 0.3) is 0 Å². The van der Waals surface area contributed by atoms with E-state index in [2.05, 4.69) is 10.6 Å². The second-order valence-electron chi connectivity index (χ2n) is 15.4. The van der Waals surface area contributed by atoms with Crippen LogP contribution in [0.5, 0.6) is 0 Å². The van der Waals surface area contributed by atoms with E-state index >= 15 is 0 Å². The van der Waals surface area contributed by atoms with Gasteiger partial charge in [-0.2, -0.15) is 0 Å². The van der Waals surface area contributed by atoms with Crippen molar-refractivity contribution >= 4 is 47.5 Å². The number of nitrogens with one attached hydrogen (secondary N) is 2. The molecule has 0 aromatic heterocycles. The predicted octanol–water partition coefficient (Wildman–Crippen LogP) is 4.67. The van der Waals surface area contributed by atoms with Crippen LogP contribution in [-0.4, -0.2) is 120 Å². The second-order valence-corrected chi connectivity index (χ2v) is 15.4. The summed E-state index contributed by atoms with van der Waals surface area (Å²) >= 11 is 0. The summed E-state index contributed by atoms with van der Waals surface area (Å²) in [6.45, 7) is 13.5. The molecule has 8 atom stereocenters. The van der Waals surface area contributed by atoms with E-state index < -0.39 is 96.1 Å². The Morgan fingerprint density at radius 1 is 0.414 bits per heavy atom. The molecule has 0 radical (unpaired) electrons. The number of hydrogen-bond acceptors (Lipinski definition) is 12. The lowest BCUT2D eigenvalue weighted by Crippen LogP contribution is -2.53. The van der Waals surface area contributed by atoms with Crippen LogP contribution in [-0.2, 0) is 57.3 Å². The number of rotatable bonds is 16. The Balaban J connectivity index is 3.68. The Morgan fingerprint density at radius 3 is 0.948 bits per heavy atom. The SMILES string of the molecule is CCCCC[C@@H]1OC(=O)[C@@H](C)N(C)C(=O)[C@H](CCCCC)OC(=O)[C@@H](C)NC(=O)[C@H](CCCCC)OC(=O)[C@@H](C)N(C)C(=O)[C@H](CCCCC)OC(=O)[C@@H](C)NC1=O. The summed E-state index contributed by atoms with van der Waals surface area (Å²) in [7, 11) is 2.72. The number of likely N-dealkylation sites (N-methyl/N-ethyl adjacent to an activating group) is 2. The highest BCUT2D eigenvalue weighted by Crippen LogP contribution is 2.18. The molecule has 0 spiro atoms. The highest BCUT2D eigenvalue weighted by Gasteiger charge is 2.38. The van der Waals surface area contributed by atoms with E-state index in [1.54, 1.807) is 0 Å². The first kappa shape index (κ1) is 51.8. The molecule has 1 rings (SSSR count). The Kier molecular flexibility index (Phi) is 24.5. The molecule has 0 saturated carbocycles. The molecule has 16 heteroatoms. The van der Waals surface area contributed by atoms with Crippen molar-refractivity contribution in [3.8, 4) is 0 Å². The van der Waals surface area contributed by atoms with Crippen molar-refractivity contribution in [1.82, 2.24) is 20.4 Å². The first-order valence-corrected chi connectivity index (χ1v) is 21.4. The molecule has 0 aromatic rings. The zero-order chi connectivity index (χ0) is 43.9. The number of esters is 4. The van der Waals surface area contributed by atoms with Crippen LogP contribution in [0, 0.1) is 0 Å². The Labute approximate surface area is 345 Å². The molecule has 1 heterocycles. The lowest BCUT2D eigenvalue weighted by atomic mass is 10.1. The molecular weight excluding hydrogens is 752 g/mol. The summed E-state index contributed by atoms with van der Waals surface area (Å²) in [6, 6.07) is -4.94. The minimum absolute atomic E-state index is 0.134. The summed E-state index contributed by atoms with van der Waals surface area (Å²) in [5, 5.41) is 5.10. The van der Waals surface area contributed by atoms with Gasteiger partial charge in [0.05, 0.1) is 0 Å². The van der Waals surface area contributed by atoms with E-state index in [0.29, 0.717) is 25.7 Å². The van der Waals surface area contributed by atoms with Gasteiger partial charge in [0.15, 0.2) is 24.4 Å². The van der Waals surface area contributed by atoms with Crippen molar-refractivity contribution in [3.05, 3.63) is 0 Å². The minimum atomic E-state index is -1.32. The Bertz CT molecular complexity index is 1260. The third kappa shape index (κ3) is 17.3. The molecule has 0 aromatic carbocycles. The molecule has 58 heavy (non-hydrogen) atoms. The number of nitrogens with zero attached hydrogens (tertiary/aromatic N) is 2. The molecular formula is C42H72N4O12. The fourth-order valence-corrected chi connectivity index (χ4v) is 6.12. The first-order chi connectivity index (χ1) is 27.4. The number of hydrogen-bond donors (Lipinski definition) is 2. The molecule has 2 N–H and O–H groups in total. The van der Waals surface area contributed by atoms with Crippen LogP contribution < -0.4 is 10.6 Å². The van der Waals surface area contributed by atoms with Crippen molar-refractivity contribution in [3.63, 3.8) is 0 Å². The number of ether oxygens (including phenoxy) is 4. The van der Waals surface area contributed by atoms with Crippen molar-refractivity contribution in [1.29, 1.82) is 0 Å². The average Bonchev–Trinajstić information content (AvgIpc) is 3.19. The second kappa shape index (κ2) is 27.4. The van der Waals surface area contributed by atoms with Crippen LogP contribution in [0.1, 0.15) is 158 Å². The molecule has 1 saturated heterocycles. The molecule has 0 aliphatic carbocycles. The van der Waals surface area contributed by atoms with Gasteiger partial charge in [0.1, 0.15) is 24.2 Å². The van der Waals surface area contributed by atoms with Gasteiger partial charge < -0.3 is 39.4 Å². The van der Waals surface area contributed by atoms with Gasteiger partial charge in [-0.1, -0.05) is 79.1 Å². The zero-order valence-corrected chi connectivity index (χ0v) is 36.7. The topological polar surface area (TPSA) is 204 Å². The third-order valence-electron chi connectivity index (χ3n) is 10.4. The normalized spacial score (nSPS) is 26.9. The fraction of sp³-hybridized carbons (Fsp3) is 0.810. The number of carbonyl (C=O) groups is 8. The molecule has 16 nitrogen and oxygen atoms in total. The van der Waals surface area contributed by atoms with Crippen LogP contribution in [0.2, 0.25) is 0 Å². The number of unbranched alkanes of at least 4 members (excludes halogenated alkanes) is 8. The molecule has 4 amide bonds. The number of amides is 4. The number of cyclic esters (lactones) is 4. The van der Waals surface area contributed by atoms with Crippen molar-refractivity contribution < 1.29 is 57.3 Å². The van der Waals surface area contributed by atoms with Gasteiger partial charge in [-0.3, -0.25) is 19.2 Å². The van der Waals surface area contributed by atoms with Crippen LogP contribution >= 0.6 is 0 Å². The lowest BCUT2D eigenvalue weighted by Gasteiger charge is -2.30. The van der Waals surface area contributed by atoms with Gasteiger partial charge in [-0.05, 0) is 79.1 Å². The van der Waals surface area contributed by atoms with Crippen molar-refractivity contribution in [2.24, 2.45) is 0 Å². The molecule has 332 valence electrons. The smallest absolute Gasteiger partial charge is 0.329 e. The van der Waals surface area contributed by atoms with Crippen LogP contribution in [0.15, 0.2) is 0 Å². The van der Waals surface area contributed by atoms with Crippen LogP contribution in [0.3, 0.4) is 0 Å². The van der Waals surface area contributed by atoms with Gasteiger partial charge in [0, 0.05) is 14.1 Å². The highest BCUT2D eigenvalue weighted by atomic mass is 16.6. The summed E-state index contributed by atoms with van der Waals surface area (Å²) < 4.78 is 22.7. The molecule has 1 aliphatic heterocycles. The van der Waals surface area contributed by atoms with E-state index in [-0.39, 0.29) is 25.7 Å². The quantitative estimate of drug-likeness (QED) is 0.124. The molecule has 1 aliphatic rings. The summed E-state index contributed by atoms with van der Waals surface area (Å²) in [4.78, 5) is 111. The standard InChI is InChI=1S/C42H72N4O12/c1-11-15-19-23-31-35(47)43-27(5)39(51)57-34(26-22-18-14-4)38(50)46(10)30(8)42(54)56-32(24-20-16-12-2)36(48)44-28(6)40(52)58-33(25-21-17-13-3)37(49)45(9)29(7)41(53)55-31/h27-34H,11-26H2,1-10H3,(H,43,47)(H,44,48)/t27-,28-,29-,30-,31+,32+,33+,34+/m1/s1. The van der Waals surface area contributed by atoms with Crippen molar-refractivity contribution in [2.75, 3.05) is 14.1 Å². The predicted molar refractivity (Wildman–Crippen MR) is 216 cm³/mol. The minimum Gasteiger partial charge on any atom is -0.451 e. The van der Waals surface area contributed by atoms with Gasteiger partial charge in [-0.15, -0.1) is 0 Å². The third-order valence-corrected chi connectivity index (χ3v) is 10.4. The Hall–Kier alpha value is -4.24. The molecule has 0 bridgehead atoms. The number of carbonyl (C=O) groups excluding carboxylic acids is 8. The lowest BCUT2D eigenvalue weighted by molar-refractivity contribution is -0.171. The van der Waals surface area contributed by atoms with Crippen LogP contribution in [0.4, 0.5) is 0 Å². The summed E-state index contributed by atoms with van der Waals surface area (Å²) in [6.07, 6.45) is 3.59. The highest BCUT2D eigenvalue weighted by molar-refractivity contribution is 5.94. The monoisotopic (exact) mass is 825 g/mol. The van der Waals surface area contributed by atoms with Gasteiger partial charge >= 0.3 is 23.9 Å². The van der Waals surface area contributed by atoms with E-state index in [4.69, 9.17) is 18.9 Å². The molecule has 0 unspecified atom stereocenters. The zero-order valence-electron chi connectivity index (χ0n) is 36.7. The Morgan fingerprint density at radius 2 is 0.672 bits per heavy atom. The average molecular weight is 825 g/mol. The summed E-state index contributed by atoms with van der Waals surface area (Å²) in [5.41, 5.74) is 0. The first-order valence-electron chi connectivity index (χ1n) is 21.4. The largest absolute Gasteiger partial charge is 0.451 e. The van der Waals surface area contributed by atoms with E-state index in [0.717, 1.165) is 61.2 Å². The maximum Gasteiger partial charge on any atom is 0.329 e. The van der Waals surface area contributed by atoms with Crippen molar-refractivity contribution in [2.45, 2.75) is 207 Å². The maximum atomic E-state index is 13.8. The molecule has 1 fully saturated rings. The van der Waals surface area contributed by atoms with E-state index in [1.807, 2.05) is 27.7 Å². The van der Waals surface area contributed by atoms with Gasteiger partial charge in [-0.25, -0.2) is 19.2 Å². The van der Waals surface area contributed by atoms with Gasteiger partial charge in [0.25, 0.3) is 23.6 Å².